The van der Waals surface area contributed by atoms with E-state index in [-0.39, 0.29) is 29.1 Å². The second-order valence-electron chi connectivity index (χ2n) is 9.33. The van der Waals surface area contributed by atoms with Crippen LogP contribution in [-0.2, 0) is 16.1 Å². The van der Waals surface area contributed by atoms with E-state index in [1.54, 1.807) is 16.2 Å². The van der Waals surface area contributed by atoms with E-state index in [4.69, 9.17) is 15.5 Å². The van der Waals surface area contributed by atoms with Gasteiger partial charge in [0.2, 0.25) is 5.88 Å². The first kappa shape index (κ1) is 25.5. The number of carbonyl (C=O) groups is 3. The number of primary amides is 1. The fourth-order valence-electron chi connectivity index (χ4n) is 4.44. The number of pyridine rings is 1. The van der Waals surface area contributed by atoms with Crippen LogP contribution in [0.15, 0.2) is 30.5 Å². The van der Waals surface area contributed by atoms with Crippen molar-refractivity contribution < 1.29 is 19.1 Å². The number of nitrogens with zero attached hydrogens (tertiary/aromatic N) is 4. The van der Waals surface area contributed by atoms with Crippen molar-refractivity contribution in [1.82, 2.24) is 19.8 Å². The van der Waals surface area contributed by atoms with Crippen LogP contribution in [0.1, 0.15) is 46.7 Å². The number of piperidine rings is 1. The molecule has 190 valence electrons. The fourth-order valence-corrected chi connectivity index (χ4v) is 5.50. The van der Waals surface area contributed by atoms with Gasteiger partial charge in [-0.15, -0.1) is 11.3 Å². The second kappa shape index (κ2) is 10.6. The van der Waals surface area contributed by atoms with Crippen LogP contribution in [0.2, 0.25) is 0 Å². The summed E-state index contributed by atoms with van der Waals surface area (Å²) in [5.41, 5.74) is 7.42. The Kier molecular flexibility index (Phi) is 7.51. The molecule has 0 unspecified atom stereocenters. The van der Waals surface area contributed by atoms with E-state index in [1.165, 1.54) is 19.4 Å². The summed E-state index contributed by atoms with van der Waals surface area (Å²) in [4.78, 5) is 50.4. The zero-order chi connectivity index (χ0) is 26.0. The number of thiazole rings is 1. The van der Waals surface area contributed by atoms with Gasteiger partial charge in [0.05, 0.1) is 35.3 Å². The Hall–Kier alpha value is -3.57. The molecule has 1 aliphatic rings. The maximum Gasteiger partial charge on any atom is 0.313 e. The fraction of sp³-hybridized carbons (Fsp3) is 0.400. The van der Waals surface area contributed by atoms with Crippen LogP contribution < -0.4 is 15.8 Å². The molecule has 3 aromatic rings. The number of aromatic nitrogens is 2. The third-order valence-corrected chi connectivity index (χ3v) is 7.15. The zero-order valence-electron chi connectivity index (χ0n) is 20.8. The first-order valence-corrected chi connectivity index (χ1v) is 12.5. The second-order valence-corrected chi connectivity index (χ2v) is 10.4. The van der Waals surface area contributed by atoms with Crippen LogP contribution in [0.25, 0.3) is 10.2 Å². The lowest BCUT2D eigenvalue weighted by Crippen LogP contribution is -2.46. The van der Waals surface area contributed by atoms with E-state index in [0.717, 1.165) is 40.2 Å². The highest BCUT2D eigenvalue weighted by atomic mass is 32.1. The molecule has 36 heavy (non-hydrogen) atoms. The van der Waals surface area contributed by atoms with E-state index < -0.39 is 17.7 Å². The summed E-state index contributed by atoms with van der Waals surface area (Å²) in [6.07, 6.45) is 3.01. The van der Waals surface area contributed by atoms with Crippen molar-refractivity contribution in [2.45, 2.75) is 32.4 Å². The standard InChI is InChI=1S/C25H30N6O4S/c1-14-5-7-19(15-6-8-20-18(9-15)29-21(36-20)13-30(2)3)31(12-14)25(34)23(33)28-16-10-17(22(26)32)24(35-4)27-11-16/h6,8-11,14,19H,5,7,12-13H2,1-4H3,(H2,26,32)(H,28,33)/t14-,19+/m0/s1. The van der Waals surface area contributed by atoms with Gasteiger partial charge in [-0.05, 0) is 56.6 Å². The number of nitrogens with one attached hydrogen (secondary N) is 1. The summed E-state index contributed by atoms with van der Waals surface area (Å²) in [7, 11) is 5.37. The molecule has 1 aliphatic heterocycles. The maximum atomic E-state index is 13.3. The number of nitrogens with two attached hydrogens (primary N) is 1. The van der Waals surface area contributed by atoms with Crippen molar-refractivity contribution in [3.8, 4) is 5.88 Å². The highest BCUT2D eigenvalue weighted by Crippen LogP contribution is 2.35. The molecule has 1 fully saturated rings. The summed E-state index contributed by atoms with van der Waals surface area (Å²) in [5, 5.41) is 3.58. The lowest BCUT2D eigenvalue weighted by Gasteiger charge is -2.38. The van der Waals surface area contributed by atoms with Crippen molar-refractivity contribution in [2.24, 2.45) is 11.7 Å². The monoisotopic (exact) mass is 510 g/mol. The molecule has 11 heteroatoms. The number of methoxy groups -OCH3 is 1. The number of ether oxygens (including phenoxy) is 1. The van der Waals surface area contributed by atoms with Gasteiger partial charge < -0.3 is 25.6 Å². The highest BCUT2D eigenvalue weighted by Gasteiger charge is 2.34. The molecule has 0 spiro atoms. The molecule has 0 saturated carbocycles. The largest absolute Gasteiger partial charge is 0.480 e. The van der Waals surface area contributed by atoms with Gasteiger partial charge >= 0.3 is 11.8 Å². The lowest BCUT2D eigenvalue weighted by molar-refractivity contribution is -0.146. The van der Waals surface area contributed by atoms with Gasteiger partial charge in [-0.3, -0.25) is 14.4 Å². The number of hydrogen-bond donors (Lipinski definition) is 2. The van der Waals surface area contributed by atoms with Crippen LogP contribution >= 0.6 is 11.3 Å². The molecule has 3 heterocycles. The highest BCUT2D eigenvalue weighted by molar-refractivity contribution is 7.18. The molecule has 3 amide bonds. The molecule has 4 rings (SSSR count). The van der Waals surface area contributed by atoms with Gasteiger partial charge in [-0.2, -0.15) is 0 Å². The average Bonchev–Trinajstić information content (AvgIpc) is 3.24. The van der Waals surface area contributed by atoms with Crippen molar-refractivity contribution in [3.63, 3.8) is 0 Å². The van der Waals surface area contributed by atoms with E-state index in [2.05, 4.69) is 22.1 Å². The molecule has 1 saturated heterocycles. The number of likely N-dealkylation sites (tertiary alicyclic amines) is 1. The Balaban J connectivity index is 1.57. The van der Waals surface area contributed by atoms with Crippen molar-refractivity contribution in [2.75, 3.05) is 33.1 Å². The average molecular weight is 511 g/mol. The van der Waals surface area contributed by atoms with Gasteiger partial charge in [-0.25, -0.2) is 9.97 Å². The van der Waals surface area contributed by atoms with E-state index in [0.29, 0.717) is 6.54 Å². The van der Waals surface area contributed by atoms with E-state index in [9.17, 15) is 14.4 Å². The number of rotatable bonds is 6. The van der Waals surface area contributed by atoms with Gasteiger partial charge in [-0.1, -0.05) is 13.0 Å². The maximum absolute atomic E-state index is 13.3. The van der Waals surface area contributed by atoms with Crippen LogP contribution in [0.3, 0.4) is 0 Å². The number of benzene rings is 1. The molecule has 2 aromatic heterocycles. The molecule has 0 bridgehead atoms. The quantitative estimate of drug-likeness (QED) is 0.488. The SMILES string of the molecule is COc1ncc(NC(=O)C(=O)N2C[C@@H](C)CC[C@@H]2c2ccc3sc(CN(C)C)nc3c2)cc1C(N)=O. The summed E-state index contributed by atoms with van der Waals surface area (Å²) in [6.45, 7) is 3.29. The van der Waals surface area contributed by atoms with Gasteiger partial charge in [0.25, 0.3) is 5.91 Å². The first-order chi connectivity index (χ1) is 17.2. The van der Waals surface area contributed by atoms with Crippen LogP contribution in [0, 0.1) is 5.92 Å². The smallest absolute Gasteiger partial charge is 0.313 e. The first-order valence-electron chi connectivity index (χ1n) is 11.7. The minimum Gasteiger partial charge on any atom is -0.480 e. The summed E-state index contributed by atoms with van der Waals surface area (Å²) >= 11 is 1.66. The van der Waals surface area contributed by atoms with Gasteiger partial charge in [0.1, 0.15) is 10.6 Å². The minimum absolute atomic E-state index is 0.0115. The molecule has 3 N–H and O–H groups in total. The Morgan fingerprint density at radius 2 is 2.03 bits per heavy atom. The van der Waals surface area contributed by atoms with Crippen LogP contribution in [0.4, 0.5) is 5.69 Å². The summed E-state index contributed by atoms with van der Waals surface area (Å²) < 4.78 is 6.12. The topological polar surface area (TPSA) is 131 Å². The molecule has 1 aromatic carbocycles. The zero-order valence-corrected chi connectivity index (χ0v) is 21.6. The van der Waals surface area contributed by atoms with E-state index >= 15 is 0 Å². The number of carbonyl (C=O) groups excluding carboxylic acids is 3. The number of fused-ring (bicyclic) bond motifs is 1. The number of hydrogen-bond acceptors (Lipinski definition) is 8. The lowest BCUT2D eigenvalue weighted by atomic mass is 9.89. The number of amides is 3. The van der Waals surface area contributed by atoms with E-state index in [1.807, 2.05) is 32.3 Å². The van der Waals surface area contributed by atoms with Crippen LogP contribution in [0.5, 0.6) is 5.88 Å². The third-order valence-electron chi connectivity index (χ3n) is 6.13. The minimum atomic E-state index is -0.806. The van der Waals surface area contributed by atoms with Gasteiger partial charge in [0, 0.05) is 13.1 Å². The Labute approximate surface area is 213 Å². The molecule has 2 atom stereocenters. The normalized spacial score (nSPS) is 17.9. The molecular weight excluding hydrogens is 480 g/mol. The van der Waals surface area contributed by atoms with Crippen molar-refractivity contribution in [1.29, 1.82) is 0 Å². The van der Waals surface area contributed by atoms with Crippen molar-refractivity contribution in [3.05, 3.63) is 46.6 Å². The number of anilines is 1. The van der Waals surface area contributed by atoms with Gasteiger partial charge in [0.15, 0.2) is 0 Å². The van der Waals surface area contributed by atoms with Crippen LogP contribution in [-0.4, -0.2) is 65.2 Å². The predicted molar refractivity (Wildman–Crippen MR) is 138 cm³/mol. The Bertz CT molecular complexity index is 1310. The molecule has 0 radical (unpaired) electrons. The van der Waals surface area contributed by atoms with Crippen molar-refractivity contribution >= 4 is 45.0 Å². The Morgan fingerprint density at radius 3 is 2.72 bits per heavy atom. The summed E-state index contributed by atoms with van der Waals surface area (Å²) in [6, 6.07) is 7.19. The Morgan fingerprint density at radius 1 is 1.25 bits per heavy atom. The molecular formula is C25H30N6O4S. The third kappa shape index (κ3) is 5.47. The summed E-state index contributed by atoms with van der Waals surface area (Å²) in [5.74, 6) is -1.90. The predicted octanol–water partition coefficient (Wildman–Crippen LogP) is 2.80. The molecule has 0 aliphatic carbocycles. The molecule has 10 nitrogen and oxygen atoms in total.